The number of carbonyl (C=O) groups is 1. The fourth-order valence-corrected chi connectivity index (χ4v) is 3.24. The Morgan fingerprint density at radius 1 is 1.26 bits per heavy atom. The maximum absolute atomic E-state index is 11.6. The van der Waals surface area contributed by atoms with Crippen LogP contribution in [-0.2, 0) is 9.47 Å². The number of nitrogens with zero attached hydrogens (tertiary/aromatic N) is 2. The molecule has 8 nitrogen and oxygen atoms in total. The Kier molecular flexibility index (Phi) is 10.7. The predicted octanol–water partition coefficient (Wildman–Crippen LogP) is 1.55. The molecule has 0 aromatic heterocycles. The van der Waals surface area contributed by atoms with E-state index in [4.69, 9.17) is 9.47 Å². The van der Waals surface area contributed by atoms with Crippen LogP contribution in [0.15, 0.2) is 4.99 Å². The zero-order valence-corrected chi connectivity index (χ0v) is 19.4. The van der Waals surface area contributed by atoms with Crippen molar-refractivity contribution in [1.29, 1.82) is 0 Å². The summed E-state index contributed by atoms with van der Waals surface area (Å²) in [5.74, 6) is 0.759. The van der Waals surface area contributed by atoms with Crippen LogP contribution in [-0.4, -0.2) is 81.1 Å². The average molecular weight is 497 g/mol. The van der Waals surface area contributed by atoms with Gasteiger partial charge in [-0.25, -0.2) is 4.79 Å². The minimum absolute atomic E-state index is 0. The van der Waals surface area contributed by atoms with Gasteiger partial charge in [0.15, 0.2) is 5.96 Å². The highest BCUT2D eigenvalue weighted by molar-refractivity contribution is 14.0. The van der Waals surface area contributed by atoms with Gasteiger partial charge >= 0.3 is 6.09 Å². The van der Waals surface area contributed by atoms with Crippen molar-refractivity contribution in [3.05, 3.63) is 0 Å². The van der Waals surface area contributed by atoms with Gasteiger partial charge in [-0.2, -0.15) is 0 Å². The molecule has 2 saturated heterocycles. The summed E-state index contributed by atoms with van der Waals surface area (Å²) in [4.78, 5) is 18.3. The van der Waals surface area contributed by atoms with Gasteiger partial charge in [-0.05, 0) is 46.6 Å². The van der Waals surface area contributed by atoms with Gasteiger partial charge in [0, 0.05) is 39.3 Å². The Balaban J connectivity index is 0.00000364. The third-order valence-electron chi connectivity index (χ3n) is 4.50. The lowest BCUT2D eigenvalue weighted by molar-refractivity contribution is -0.0453. The van der Waals surface area contributed by atoms with Crippen molar-refractivity contribution < 1.29 is 14.3 Å². The average Bonchev–Trinajstić information content (AvgIpc) is 3.03. The molecular formula is C18H36IN5O3. The first-order chi connectivity index (χ1) is 12.4. The zero-order chi connectivity index (χ0) is 19.0. The molecule has 0 aliphatic carbocycles. The summed E-state index contributed by atoms with van der Waals surface area (Å²) in [6.45, 7) is 10.6. The number of halogens is 1. The van der Waals surface area contributed by atoms with Crippen LogP contribution in [0.1, 0.15) is 40.0 Å². The Labute approximate surface area is 180 Å². The lowest BCUT2D eigenvalue weighted by atomic mass is 10.2. The lowest BCUT2D eigenvalue weighted by Crippen LogP contribution is -2.51. The van der Waals surface area contributed by atoms with Crippen molar-refractivity contribution in [1.82, 2.24) is 20.9 Å². The van der Waals surface area contributed by atoms with Crippen LogP contribution in [0.3, 0.4) is 0 Å². The smallest absolute Gasteiger partial charge is 0.407 e. The SMILES string of the molecule is CN=C(NCCCNC(=O)OC(C)(C)C)NCC1CN2CCCC2CO1.I. The number of carbonyl (C=O) groups excluding carboxylic acids is 1. The molecule has 0 bridgehead atoms. The number of fused-ring (bicyclic) bond motifs is 1. The van der Waals surface area contributed by atoms with Gasteiger partial charge in [0.2, 0.25) is 0 Å². The third kappa shape index (κ3) is 9.29. The maximum atomic E-state index is 11.6. The quantitative estimate of drug-likeness (QED) is 0.224. The first-order valence-corrected chi connectivity index (χ1v) is 9.64. The van der Waals surface area contributed by atoms with E-state index in [0.717, 1.165) is 38.6 Å². The van der Waals surface area contributed by atoms with Crippen molar-refractivity contribution >= 4 is 36.0 Å². The van der Waals surface area contributed by atoms with Crippen molar-refractivity contribution in [2.24, 2.45) is 4.99 Å². The van der Waals surface area contributed by atoms with Crippen LogP contribution >= 0.6 is 24.0 Å². The van der Waals surface area contributed by atoms with Crippen LogP contribution in [0.2, 0.25) is 0 Å². The minimum atomic E-state index is -0.468. The van der Waals surface area contributed by atoms with E-state index in [0.29, 0.717) is 12.6 Å². The molecule has 0 aromatic carbocycles. The molecule has 2 rings (SSSR count). The largest absolute Gasteiger partial charge is 0.444 e. The zero-order valence-electron chi connectivity index (χ0n) is 17.0. The van der Waals surface area contributed by atoms with Gasteiger partial charge < -0.3 is 25.4 Å². The second-order valence-corrected chi connectivity index (χ2v) is 7.91. The molecule has 2 unspecified atom stereocenters. The molecule has 2 aliphatic heterocycles. The number of morpholine rings is 1. The number of nitrogens with one attached hydrogen (secondary N) is 3. The monoisotopic (exact) mass is 497 g/mol. The van der Waals surface area contributed by atoms with E-state index < -0.39 is 5.60 Å². The van der Waals surface area contributed by atoms with E-state index in [1.807, 2.05) is 20.8 Å². The molecule has 27 heavy (non-hydrogen) atoms. The van der Waals surface area contributed by atoms with Gasteiger partial charge in [-0.15, -0.1) is 24.0 Å². The van der Waals surface area contributed by atoms with Crippen molar-refractivity contribution in [2.45, 2.75) is 57.8 Å². The Morgan fingerprint density at radius 2 is 2.00 bits per heavy atom. The molecule has 0 radical (unpaired) electrons. The van der Waals surface area contributed by atoms with E-state index in [2.05, 4.69) is 25.8 Å². The fraction of sp³-hybridized carbons (Fsp3) is 0.889. The highest BCUT2D eigenvalue weighted by Gasteiger charge is 2.32. The number of alkyl carbamates (subject to hydrolysis) is 1. The molecule has 3 N–H and O–H groups in total. The number of rotatable bonds is 6. The molecule has 0 aromatic rings. The van der Waals surface area contributed by atoms with Crippen LogP contribution < -0.4 is 16.0 Å². The molecular weight excluding hydrogens is 461 g/mol. The summed E-state index contributed by atoms with van der Waals surface area (Å²) in [6.07, 6.45) is 3.16. The third-order valence-corrected chi connectivity index (χ3v) is 4.50. The Morgan fingerprint density at radius 3 is 2.70 bits per heavy atom. The first-order valence-electron chi connectivity index (χ1n) is 9.64. The highest BCUT2D eigenvalue weighted by atomic mass is 127. The van der Waals surface area contributed by atoms with Crippen molar-refractivity contribution in [3.8, 4) is 0 Å². The van der Waals surface area contributed by atoms with Gasteiger partial charge in [-0.3, -0.25) is 9.89 Å². The number of hydrogen-bond acceptors (Lipinski definition) is 5. The standard InChI is InChI=1S/C18H35N5O3.HI/c1-18(2,3)26-17(24)21-9-6-8-20-16(19-4)22-11-15-12-23-10-5-7-14(23)13-25-15;/h14-15H,5-13H2,1-4H3,(H,21,24)(H2,19,20,22);1H. The fourth-order valence-electron chi connectivity index (χ4n) is 3.24. The summed E-state index contributed by atoms with van der Waals surface area (Å²) in [5, 5.41) is 9.33. The molecule has 0 spiro atoms. The predicted molar refractivity (Wildman–Crippen MR) is 118 cm³/mol. The molecule has 158 valence electrons. The van der Waals surface area contributed by atoms with Crippen molar-refractivity contribution in [3.63, 3.8) is 0 Å². The van der Waals surface area contributed by atoms with Crippen LogP contribution in [0.4, 0.5) is 4.79 Å². The maximum Gasteiger partial charge on any atom is 0.407 e. The second kappa shape index (κ2) is 11.9. The molecule has 2 fully saturated rings. The van der Waals surface area contributed by atoms with Gasteiger partial charge in [0.05, 0.1) is 12.7 Å². The van der Waals surface area contributed by atoms with E-state index in [1.54, 1.807) is 7.05 Å². The van der Waals surface area contributed by atoms with Gasteiger partial charge in [0.1, 0.15) is 5.60 Å². The van der Waals surface area contributed by atoms with Gasteiger partial charge in [0.25, 0.3) is 0 Å². The minimum Gasteiger partial charge on any atom is -0.444 e. The first kappa shape index (κ1) is 24.2. The Hall–Kier alpha value is -0.810. The topological polar surface area (TPSA) is 87.2 Å². The number of aliphatic imine (C=N–C) groups is 1. The highest BCUT2D eigenvalue weighted by Crippen LogP contribution is 2.22. The molecule has 2 aliphatic rings. The Bertz CT molecular complexity index is 484. The lowest BCUT2D eigenvalue weighted by Gasteiger charge is -2.35. The molecule has 2 atom stereocenters. The van der Waals surface area contributed by atoms with E-state index in [-0.39, 0.29) is 36.2 Å². The summed E-state index contributed by atoms with van der Waals surface area (Å²) in [6, 6.07) is 0.626. The van der Waals surface area contributed by atoms with E-state index in [9.17, 15) is 4.79 Å². The van der Waals surface area contributed by atoms with Gasteiger partial charge in [-0.1, -0.05) is 0 Å². The second-order valence-electron chi connectivity index (χ2n) is 7.91. The number of hydrogen-bond donors (Lipinski definition) is 3. The van der Waals surface area contributed by atoms with Crippen LogP contribution in [0, 0.1) is 0 Å². The summed E-state index contributed by atoms with van der Waals surface area (Å²) >= 11 is 0. The molecule has 0 saturated carbocycles. The molecule has 1 amide bonds. The van der Waals surface area contributed by atoms with Crippen LogP contribution in [0.25, 0.3) is 0 Å². The summed E-state index contributed by atoms with van der Waals surface area (Å²) in [5.41, 5.74) is -0.468. The van der Waals surface area contributed by atoms with E-state index >= 15 is 0 Å². The molecule has 2 heterocycles. The number of guanidine groups is 1. The molecule has 9 heteroatoms. The van der Waals surface area contributed by atoms with E-state index in [1.165, 1.54) is 19.4 Å². The normalized spacial score (nSPS) is 23.2. The van der Waals surface area contributed by atoms with Crippen LogP contribution in [0.5, 0.6) is 0 Å². The number of amides is 1. The number of ether oxygens (including phenoxy) is 2. The van der Waals surface area contributed by atoms with Crippen molar-refractivity contribution in [2.75, 3.05) is 46.4 Å². The summed E-state index contributed by atoms with van der Waals surface area (Å²) < 4.78 is 11.1. The summed E-state index contributed by atoms with van der Waals surface area (Å²) in [7, 11) is 1.76.